The van der Waals surface area contributed by atoms with Crippen LogP contribution >= 0.6 is 23.2 Å². The molecule has 0 saturated carbocycles. The first-order chi connectivity index (χ1) is 9.08. The van der Waals surface area contributed by atoms with Crippen molar-refractivity contribution in [1.29, 1.82) is 0 Å². The SMILES string of the molecule is C[C@@H](NCc1ccc(O)c(Cl)c1)c1ccccc1Cl. The van der Waals surface area contributed by atoms with Gasteiger partial charge >= 0.3 is 0 Å². The molecule has 2 rings (SSSR count). The average molecular weight is 296 g/mol. The quantitative estimate of drug-likeness (QED) is 0.867. The van der Waals surface area contributed by atoms with E-state index in [0.29, 0.717) is 11.6 Å². The van der Waals surface area contributed by atoms with Gasteiger partial charge in [0, 0.05) is 17.6 Å². The Morgan fingerprint density at radius 2 is 1.84 bits per heavy atom. The molecule has 0 saturated heterocycles. The zero-order chi connectivity index (χ0) is 13.8. The fraction of sp³-hybridized carbons (Fsp3) is 0.200. The van der Waals surface area contributed by atoms with Crippen molar-refractivity contribution >= 4 is 23.2 Å². The van der Waals surface area contributed by atoms with E-state index in [0.717, 1.165) is 16.1 Å². The highest BCUT2D eigenvalue weighted by Crippen LogP contribution is 2.25. The Morgan fingerprint density at radius 1 is 1.11 bits per heavy atom. The summed E-state index contributed by atoms with van der Waals surface area (Å²) in [7, 11) is 0. The highest BCUT2D eigenvalue weighted by Gasteiger charge is 2.08. The van der Waals surface area contributed by atoms with E-state index < -0.39 is 0 Å². The molecule has 2 nitrogen and oxygen atoms in total. The van der Waals surface area contributed by atoms with E-state index in [1.807, 2.05) is 30.3 Å². The minimum atomic E-state index is 0.101. The van der Waals surface area contributed by atoms with Gasteiger partial charge < -0.3 is 10.4 Å². The van der Waals surface area contributed by atoms with Gasteiger partial charge in [0.25, 0.3) is 0 Å². The minimum absolute atomic E-state index is 0.101. The monoisotopic (exact) mass is 295 g/mol. The molecule has 0 heterocycles. The highest BCUT2D eigenvalue weighted by molar-refractivity contribution is 6.32. The number of halogens is 2. The Kier molecular flexibility index (Phi) is 4.70. The minimum Gasteiger partial charge on any atom is -0.506 e. The maximum absolute atomic E-state index is 9.37. The fourth-order valence-corrected chi connectivity index (χ4v) is 2.37. The van der Waals surface area contributed by atoms with Crippen molar-refractivity contribution in [2.24, 2.45) is 0 Å². The number of hydrogen-bond acceptors (Lipinski definition) is 2. The van der Waals surface area contributed by atoms with Gasteiger partial charge in [0.15, 0.2) is 0 Å². The van der Waals surface area contributed by atoms with Gasteiger partial charge in [-0.3, -0.25) is 0 Å². The van der Waals surface area contributed by atoms with Crippen LogP contribution in [0.3, 0.4) is 0 Å². The van der Waals surface area contributed by atoms with Gasteiger partial charge in [-0.1, -0.05) is 47.5 Å². The Balaban J connectivity index is 2.02. The molecule has 2 N–H and O–H groups in total. The van der Waals surface area contributed by atoms with E-state index in [1.54, 1.807) is 12.1 Å². The van der Waals surface area contributed by atoms with Gasteiger partial charge in [0.05, 0.1) is 5.02 Å². The number of rotatable bonds is 4. The number of nitrogens with one attached hydrogen (secondary N) is 1. The third-order valence-corrected chi connectivity index (χ3v) is 3.64. The molecule has 0 fully saturated rings. The van der Waals surface area contributed by atoms with Gasteiger partial charge in [-0.05, 0) is 36.2 Å². The van der Waals surface area contributed by atoms with Crippen LogP contribution in [0.5, 0.6) is 5.75 Å². The lowest BCUT2D eigenvalue weighted by Crippen LogP contribution is -2.18. The Morgan fingerprint density at radius 3 is 2.53 bits per heavy atom. The van der Waals surface area contributed by atoms with Crippen molar-refractivity contribution in [3.63, 3.8) is 0 Å². The lowest BCUT2D eigenvalue weighted by Gasteiger charge is -2.16. The van der Waals surface area contributed by atoms with Crippen molar-refractivity contribution in [2.75, 3.05) is 0 Å². The molecule has 2 aromatic rings. The molecule has 0 radical (unpaired) electrons. The second-order valence-electron chi connectivity index (χ2n) is 4.41. The molecule has 0 aliphatic rings. The molecule has 1 atom stereocenters. The summed E-state index contributed by atoms with van der Waals surface area (Å²) >= 11 is 12.0. The van der Waals surface area contributed by atoms with Crippen LogP contribution in [0.1, 0.15) is 24.1 Å². The molecule has 4 heteroatoms. The topological polar surface area (TPSA) is 32.3 Å². The van der Waals surface area contributed by atoms with Crippen LogP contribution in [0.2, 0.25) is 10.0 Å². The van der Waals surface area contributed by atoms with Gasteiger partial charge in [-0.25, -0.2) is 0 Å². The molecule has 0 aromatic heterocycles. The highest BCUT2D eigenvalue weighted by atomic mass is 35.5. The van der Waals surface area contributed by atoms with Crippen molar-refractivity contribution < 1.29 is 5.11 Å². The Labute approximate surface area is 123 Å². The second kappa shape index (κ2) is 6.29. The molecule has 0 spiro atoms. The van der Waals surface area contributed by atoms with E-state index in [4.69, 9.17) is 23.2 Å². The number of phenolic OH excluding ortho intramolecular Hbond substituents is 1. The maximum atomic E-state index is 9.37. The van der Waals surface area contributed by atoms with Gasteiger partial charge in [-0.15, -0.1) is 0 Å². The lowest BCUT2D eigenvalue weighted by atomic mass is 10.1. The summed E-state index contributed by atoms with van der Waals surface area (Å²) in [5.74, 6) is 0.101. The molecule has 19 heavy (non-hydrogen) atoms. The first kappa shape index (κ1) is 14.2. The van der Waals surface area contributed by atoms with Crippen molar-refractivity contribution in [2.45, 2.75) is 19.5 Å². The van der Waals surface area contributed by atoms with Crippen LogP contribution in [0.15, 0.2) is 42.5 Å². The molecular weight excluding hydrogens is 281 g/mol. The summed E-state index contributed by atoms with van der Waals surface area (Å²) in [6, 6.07) is 13.1. The third kappa shape index (κ3) is 3.63. The van der Waals surface area contributed by atoms with Crippen LogP contribution in [-0.2, 0) is 6.54 Å². The van der Waals surface area contributed by atoms with E-state index in [9.17, 15) is 5.11 Å². The number of aromatic hydroxyl groups is 1. The largest absolute Gasteiger partial charge is 0.506 e. The number of benzene rings is 2. The van der Waals surface area contributed by atoms with Crippen LogP contribution in [-0.4, -0.2) is 5.11 Å². The first-order valence-corrected chi connectivity index (χ1v) is 6.78. The average Bonchev–Trinajstić information content (AvgIpc) is 2.40. The summed E-state index contributed by atoms with van der Waals surface area (Å²) in [6.45, 7) is 2.72. The summed E-state index contributed by atoms with van der Waals surface area (Å²) in [5.41, 5.74) is 2.08. The predicted molar refractivity (Wildman–Crippen MR) is 79.8 cm³/mol. The molecule has 100 valence electrons. The standard InChI is InChI=1S/C15H15Cl2NO/c1-10(12-4-2-3-5-13(12)16)18-9-11-6-7-15(19)14(17)8-11/h2-8,10,18-19H,9H2,1H3/t10-/m1/s1. The zero-order valence-electron chi connectivity index (χ0n) is 10.5. The second-order valence-corrected chi connectivity index (χ2v) is 5.22. The zero-order valence-corrected chi connectivity index (χ0v) is 12.0. The molecule has 0 bridgehead atoms. The van der Waals surface area contributed by atoms with E-state index in [-0.39, 0.29) is 11.8 Å². The smallest absolute Gasteiger partial charge is 0.134 e. The third-order valence-electron chi connectivity index (χ3n) is 3.00. The van der Waals surface area contributed by atoms with Crippen molar-refractivity contribution in [1.82, 2.24) is 5.32 Å². The fourth-order valence-electron chi connectivity index (χ4n) is 1.87. The lowest BCUT2D eigenvalue weighted by molar-refractivity contribution is 0.475. The van der Waals surface area contributed by atoms with Gasteiger partial charge in [0.1, 0.15) is 5.75 Å². The molecule has 0 amide bonds. The van der Waals surface area contributed by atoms with E-state index >= 15 is 0 Å². The Bertz CT molecular complexity index is 572. The predicted octanol–water partition coefficient (Wildman–Crippen LogP) is 4.55. The summed E-state index contributed by atoms with van der Waals surface area (Å²) in [5, 5.41) is 13.9. The summed E-state index contributed by atoms with van der Waals surface area (Å²) in [4.78, 5) is 0. The van der Waals surface area contributed by atoms with Crippen molar-refractivity contribution in [3.8, 4) is 5.75 Å². The van der Waals surface area contributed by atoms with Crippen LogP contribution in [0.4, 0.5) is 0 Å². The normalized spacial score (nSPS) is 12.4. The molecular formula is C15H15Cl2NO. The van der Waals surface area contributed by atoms with Gasteiger partial charge in [-0.2, -0.15) is 0 Å². The molecule has 0 aliphatic carbocycles. The Hall–Kier alpha value is -1.22. The molecule has 2 aromatic carbocycles. The summed E-state index contributed by atoms with van der Waals surface area (Å²) in [6.07, 6.45) is 0. The van der Waals surface area contributed by atoms with Crippen LogP contribution in [0, 0.1) is 0 Å². The number of hydrogen-bond donors (Lipinski definition) is 2. The van der Waals surface area contributed by atoms with Crippen LogP contribution in [0.25, 0.3) is 0 Å². The first-order valence-electron chi connectivity index (χ1n) is 6.03. The van der Waals surface area contributed by atoms with E-state index in [2.05, 4.69) is 12.2 Å². The maximum Gasteiger partial charge on any atom is 0.134 e. The van der Waals surface area contributed by atoms with Crippen molar-refractivity contribution in [3.05, 3.63) is 63.6 Å². The summed E-state index contributed by atoms with van der Waals surface area (Å²) < 4.78 is 0. The number of phenols is 1. The van der Waals surface area contributed by atoms with Gasteiger partial charge in [0.2, 0.25) is 0 Å². The molecule has 0 aliphatic heterocycles. The van der Waals surface area contributed by atoms with Crippen LogP contribution < -0.4 is 5.32 Å². The van der Waals surface area contributed by atoms with E-state index in [1.165, 1.54) is 0 Å². The molecule has 0 unspecified atom stereocenters.